The minimum Gasteiger partial charge on any atom is -0.486 e. The number of ether oxygens (including phenoxy) is 2. The molecule has 4 aromatic rings. The lowest BCUT2D eigenvalue weighted by Gasteiger charge is -2.20. The standard InChI is InChI=1S/C27H21N5O5/c1-31-11-10-28-26(31)16-2-5-18(6-3-16)29-25(17-4-9-22-23(14-17)37-13-12-36-22)24-20-8-7-19(32(34)35)15-21(20)30-27(24)33/h2-11,14-15,24H,12-13H2,1H3,(H,30,33). The molecule has 3 heterocycles. The number of amides is 1. The third-order valence-corrected chi connectivity index (χ3v) is 6.39. The molecule has 0 radical (unpaired) electrons. The molecule has 3 aromatic carbocycles. The Morgan fingerprint density at radius 2 is 1.86 bits per heavy atom. The molecule has 1 atom stereocenters. The van der Waals surface area contributed by atoms with Gasteiger partial charge in [0.05, 0.1) is 22.0 Å². The SMILES string of the molecule is Cn1ccnc1-c1ccc(N=C(c2ccc3c(c2)OCCO3)C2C(=O)Nc3cc([N+](=O)[O-])ccc32)cc1. The smallest absolute Gasteiger partial charge is 0.271 e. The average molecular weight is 495 g/mol. The van der Waals surface area contributed by atoms with Crippen LogP contribution in [0.2, 0.25) is 0 Å². The Morgan fingerprint density at radius 3 is 2.59 bits per heavy atom. The van der Waals surface area contributed by atoms with Crippen molar-refractivity contribution in [3.63, 3.8) is 0 Å². The number of benzene rings is 3. The van der Waals surface area contributed by atoms with E-state index >= 15 is 0 Å². The minimum atomic E-state index is -0.771. The van der Waals surface area contributed by atoms with E-state index in [1.807, 2.05) is 54.2 Å². The van der Waals surface area contributed by atoms with Gasteiger partial charge < -0.3 is 19.4 Å². The number of anilines is 1. The number of rotatable bonds is 5. The van der Waals surface area contributed by atoms with Gasteiger partial charge in [-0.05, 0) is 54.1 Å². The normalized spacial score (nSPS) is 16.3. The van der Waals surface area contributed by atoms with Crippen LogP contribution in [0.25, 0.3) is 11.4 Å². The van der Waals surface area contributed by atoms with E-state index in [1.165, 1.54) is 12.1 Å². The lowest BCUT2D eigenvalue weighted by molar-refractivity contribution is -0.384. The zero-order chi connectivity index (χ0) is 25.5. The van der Waals surface area contributed by atoms with Crippen molar-refractivity contribution >= 4 is 28.7 Å². The highest BCUT2D eigenvalue weighted by molar-refractivity contribution is 6.24. The van der Waals surface area contributed by atoms with Gasteiger partial charge in [-0.3, -0.25) is 19.9 Å². The number of nitrogens with zero attached hydrogens (tertiary/aromatic N) is 4. The topological polar surface area (TPSA) is 121 Å². The first kappa shape index (κ1) is 22.5. The van der Waals surface area contributed by atoms with Crippen LogP contribution in [0.5, 0.6) is 11.5 Å². The van der Waals surface area contributed by atoms with Crippen LogP contribution in [0.1, 0.15) is 17.0 Å². The largest absolute Gasteiger partial charge is 0.486 e. The third-order valence-electron chi connectivity index (χ3n) is 6.39. The highest BCUT2D eigenvalue weighted by Gasteiger charge is 2.37. The number of hydrogen-bond acceptors (Lipinski definition) is 7. The van der Waals surface area contributed by atoms with E-state index in [9.17, 15) is 14.9 Å². The van der Waals surface area contributed by atoms with Crippen molar-refractivity contribution < 1.29 is 19.2 Å². The van der Waals surface area contributed by atoms with Crippen molar-refractivity contribution in [1.82, 2.24) is 9.55 Å². The van der Waals surface area contributed by atoms with Gasteiger partial charge in [-0.1, -0.05) is 0 Å². The molecule has 0 spiro atoms. The second-order valence-electron chi connectivity index (χ2n) is 8.72. The van der Waals surface area contributed by atoms with Crippen LogP contribution in [0, 0.1) is 10.1 Å². The molecular formula is C27H21N5O5. The van der Waals surface area contributed by atoms with Crippen LogP contribution >= 0.6 is 0 Å². The Hall–Kier alpha value is -4.99. The van der Waals surface area contributed by atoms with E-state index in [2.05, 4.69) is 10.3 Å². The number of aromatic nitrogens is 2. The second-order valence-corrected chi connectivity index (χ2v) is 8.72. The summed E-state index contributed by atoms with van der Waals surface area (Å²) in [5.74, 6) is 0.944. The lowest BCUT2D eigenvalue weighted by atomic mass is 9.90. The number of aliphatic imine (C=N–C) groups is 1. The van der Waals surface area contributed by atoms with Gasteiger partial charge in [-0.15, -0.1) is 0 Å². The molecule has 0 bridgehead atoms. The van der Waals surface area contributed by atoms with Crippen molar-refractivity contribution in [3.05, 3.63) is 94.3 Å². The molecule has 0 aliphatic carbocycles. The Morgan fingerprint density at radius 1 is 1.08 bits per heavy atom. The van der Waals surface area contributed by atoms with Gasteiger partial charge in [0, 0.05) is 42.7 Å². The van der Waals surface area contributed by atoms with Gasteiger partial charge >= 0.3 is 0 Å². The number of carbonyl (C=O) groups excluding carboxylic acids is 1. The van der Waals surface area contributed by atoms with E-state index in [0.29, 0.717) is 52.9 Å². The Kier molecular flexibility index (Phi) is 5.41. The molecular weight excluding hydrogens is 474 g/mol. The Labute approximate surface area is 211 Å². The molecule has 10 heteroatoms. The van der Waals surface area contributed by atoms with E-state index in [4.69, 9.17) is 14.5 Å². The van der Waals surface area contributed by atoms with Crippen LogP contribution in [0.15, 0.2) is 78.0 Å². The monoisotopic (exact) mass is 495 g/mol. The highest BCUT2D eigenvalue weighted by atomic mass is 16.6. The van der Waals surface area contributed by atoms with Crippen LogP contribution in [0.3, 0.4) is 0 Å². The predicted molar refractivity (Wildman–Crippen MR) is 137 cm³/mol. The molecule has 0 fully saturated rings. The first-order chi connectivity index (χ1) is 18.0. The molecule has 1 amide bonds. The molecule has 0 saturated carbocycles. The number of aryl methyl sites for hydroxylation is 1. The number of nitrogens with one attached hydrogen (secondary N) is 1. The quantitative estimate of drug-likeness (QED) is 0.245. The fraction of sp³-hybridized carbons (Fsp3) is 0.148. The Bertz CT molecular complexity index is 1570. The van der Waals surface area contributed by atoms with Crippen molar-refractivity contribution in [2.45, 2.75) is 5.92 Å². The predicted octanol–water partition coefficient (Wildman–Crippen LogP) is 4.62. The summed E-state index contributed by atoms with van der Waals surface area (Å²) < 4.78 is 13.4. The zero-order valence-corrected chi connectivity index (χ0v) is 19.7. The molecule has 0 saturated heterocycles. The maximum Gasteiger partial charge on any atom is 0.271 e. The minimum absolute atomic E-state index is 0.0950. The first-order valence-corrected chi connectivity index (χ1v) is 11.6. The highest BCUT2D eigenvalue weighted by Crippen LogP contribution is 2.40. The van der Waals surface area contributed by atoms with E-state index in [1.54, 1.807) is 18.3 Å². The third kappa shape index (κ3) is 4.08. The van der Waals surface area contributed by atoms with Crippen molar-refractivity contribution in [1.29, 1.82) is 0 Å². The number of carbonyl (C=O) groups is 1. The van der Waals surface area contributed by atoms with Crippen molar-refractivity contribution in [3.8, 4) is 22.9 Å². The summed E-state index contributed by atoms with van der Waals surface area (Å²) in [7, 11) is 1.93. The summed E-state index contributed by atoms with van der Waals surface area (Å²) >= 11 is 0. The number of imidazole rings is 1. The number of hydrogen-bond donors (Lipinski definition) is 1. The van der Waals surface area contributed by atoms with E-state index < -0.39 is 10.8 Å². The summed E-state index contributed by atoms with van der Waals surface area (Å²) in [6.45, 7) is 0.890. The van der Waals surface area contributed by atoms with Gasteiger partial charge in [-0.25, -0.2) is 4.98 Å². The second kappa shape index (κ2) is 8.90. The fourth-order valence-corrected chi connectivity index (χ4v) is 4.60. The van der Waals surface area contributed by atoms with E-state index in [0.717, 1.165) is 11.4 Å². The molecule has 6 rings (SSSR count). The maximum atomic E-state index is 13.2. The van der Waals surface area contributed by atoms with Crippen molar-refractivity contribution in [2.75, 3.05) is 18.5 Å². The summed E-state index contributed by atoms with van der Waals surface area (Å²) in [5, 5.41) is 14.1. The van der Waals surface area contributed by atoms with Crippen LogP contribution in [0.4, 0.5) is 17.1 Å². The van der Waals surface area contributed by atoms with Gasteiger partial charge in [-0.2, -0.15) is 0 Å². The molecule has 1 N–H and O–H groups in total. The summed E-state index contributed by atoms with van der Waals surface area (Å²) in [6.07, 6.45) is 3.61. The van der Waals surface area contributed by atoms with E-state index in [-0.39, 0.29) is 11.6 Å². The zero-order valence-electron chi connectivity index (χ0n) is 19.7. The van der Waals surface area contributed by atoms with Gasteiger partial charge in [0.15, 0.2) is 11.5 Å². The molecule has 2 aliphatic rings. The average Bonchev–Trinajstić information content (AvgIpc) is 3.48. The molecule has 10 nitrogen and oxygen atoms in total. The number of nitro groups is 1. The van der Waals surface area contributed by atoms with Crippen LogP contribution in [-0.2, 0) is 11.8 Å². The molecule has 2 aliphatic heterocycles. The maximum absolute atomic E-state index is 13.2. The summed E-state index contributed by atoms with van der Waals surface area (Å²) in [5.41, 5.74) is 3.68. The first-order valence-electron chi connectivity index (χ1n) is 11.6. The molecule has 1 unspecified atom stereocenters. The van der Waals surface area contributed by atoms with Gasteiger partial charge in [0.2, 0.25) is 5.91 Å². The molecule has 1 aromatic heterocycles. The number of fused-ring (bicyclic) bond motifs is 2. The van der Waals surface area contributed by atoms with Gasteiger partial charge in [0.1, 0.15) is 25.0 Å². The number of nitro benzene ring substituents is 1. The molecule has 37 heavy (non-hydrogen) atoms. The van der Waals surface area contributed by atoms with Crippen molar-refractivity contribution in [2.24, 2.45) is 12.0 Å². The molecule has 184 valence electrons. The lowest BCUT2D eigenvalue weighted by Crippen LogP contribution is -2.22. The van der Waals surface area contributed by atoms with Crippen LogP contribution < -0.4 is 14.8 Å². The summed E-state index contributed by atoms with van der Waals surface area (Å²) in [6, 6.07) is 17.4. The fourth-order valence-electron chi connectivity index (χ4n) is 4.60. The number of non-ortho nitro benzene ring substituents is 1. The Balaban J connectivity index is 1.46. The van der Waals surface area contributed by atoms with Crippen LogP contribution in [-0.4, -0.2) is 39.3 Å². The summed E-state index contributed by atoms with van der Waals surface area (Å²) in [4.78, 5) is 33.3. The van der Waals surface area contributed by atoms with Gasteiger partial charge in [0.25, 0.3) is 5.69 Å².